The number of carbonyl (C=O) groups is 1. The summed E-state index contributed by atoms with van der Waals surface area (Å²) in [5, 5.41) is 2.94. The third-order valence-electron chi connectivity index (χ3n) is 5.87. The molecule has 0 spiro atoms. The SMILES string of the molecule is COc1ccc(S(=O)(=O)N2CCOCC2)cc1CCC(=O)N[C@@H](C)COc1ccc(C)c(C)c1. The molecule has 186 valence electrons. The van der Waals surface area contributed by atoms with Crippen molar-refractivity contribution < 1.29 is 27.4 Å². The molecule has 1 aliphatic rings. The molecule has 0 unspecified atom stereocenters. The summed E-state index contributed by atoms with van der Waals surface area (Å²) < 4.78 is 43.9. The molecule has 1 heterocycles. The fraction of sp³-hybridized carbons (Fsp3) is 0.480. The average molecular weight is 491 g/mol. The Labute approximate surface area is 202 Å². The standard InChI is InChI=1S/C25H34N2O6S/c1-18-5-7-22(15-19(18)2)33-17-20(3)26-25(28)10-6-21-16-23(8-9-24(21)31-4)34(29,30)27-11-13-32-14-12-27/h5,7-9,15-16,20H,6,10-14,17H2,1-4H3,(H,26,28)/t20-/m0/s1. The van der Waals surface area contributed by atoms with Crippen molar-refractivity contribution in [3.8, 4) is 11.5 Å². The van der Waals surface area contributed by atoms with Crippen LogP contribution < -0.4 is 14.8 Å². The van der Waals surface area contributed by atoms with Gasteiger partial charge in [-0.2, -0.15) is 4.31 Å². The molecule has 0 saturated carbocycles. The second-order valence-corrected chi connectivity index (χ2v) is 10.5. The lowest BCUT2D eigenvalue weighted by Crippen LogP contribution is -2.40. The van der Waals surface area contributed by atoms with Gasteiger partial charge in [0.15, 0.2) is 0 Å². The van der Waals surface area contributed by atoms with Crippen LogP contribution >= 0.6 is 0 Å². The average Bonchev–Trinajstić information content (AvgIpc) is 2.83. The molecule has 2 aromatic rings. The molecule has 3 rings (SSSR count). The Morgan fingerprint density at radius 2 is 1.85 bits per heavy atom. The molecule has 2 aromatic carbocycles. The van der Waals surface area contributed by atoms with Gasteiger partial charge in [0.25, 0.3) is 0 Å². The van der Waals surface area contributed by atoms with Crippen LogP contribution in [-0.4, -0.2) is 64.7 Å². The van der Waals surface area contributed by atoms with Crippen molar-refractivity contribution in [3.63, 3.8) is 0 Å². The number of hydrogen-bond acceptors (Lipinski definition) is 6. The number of ether oxygens (including phenoxy) is 3. The molecule has 1 atom stereocenters. The van der Waals surface area contributed by atoms with Crippen LogP contribution in [0.1, 0.15) is 30.0 Å². The number of nitrogens with one attached hydrogen (secondary N) is 1. The zero-order valence-electron chi connectivity index (χ0n) is 20.3. The van der Waals surface area contributed by atoms with Crippen LogP contribution in [0.15, 0.2) is 41.3 Å². The maximum absolute atomic E-state index is 13.0. The van der Waals surface area contributed by atoms with Crippen LogP contribution in [0.5, 0.6) is 11.5 Å². The van der Waals surface area contributed by atoms with Gasteiger partial charge >= 0.3 is 0 Å². The first-order chi connectivity index (χ1) is 16.2. The largest absolute Gasteiger partial charge is 0.496 e. The summed E-state index contributed by atoms with van der Waals surface area (Å²) in [6, 6.07) is 10.5. The summed E-state index contributed by atoms with van der Waals surface area (Å²) in [6.45, 7) is 7.73. The summed E-state index contributed by atoms with van der Waals surface area (Å²) in [7, 11) is -2.10. The molecule has 1 fully saturated rings. The van der Waals surface area contributed by atoms with E-state index in [1.807, 2.05) is 39.0 Å². The minimum absolute atomic E-state index is 0.139. The van der Waals surface area contributed by atoms with E-state index in [-0.39, 0.29) is 23.3 Å². The molecule has 0 aromatic heterocycles. The van der Waals surface area contributed by atoms with Gasteiger partial charge in [-0.25, -0.2) is 8.42 Å². The Morgan fingerprint density at radius 1 is 1.12 bits per heavy atom. The predicted molar refractivity (Wildman–Crippen MR) is 130 cm³/mol. The predicted octanol–water partition coefficient (Wildman–Crippen LogP) is 2.85. The quantitative estimate of drug-likeness (QED) is 0.551. The molecule has 1 aliphatic heterocycles. The fourth-order valence-electron chi connectivity index (χ4n) is 3.71. The molecular weight excluding hydrogens is 456 g/mol. The van der Waals surface area contributed by atoms with Gasteiger partial charge in [0.2, 0.25) is 15.9 Å². The van der Waals surface area contributed by atoms with Crippen LogP contribution in [-0.2, 0) is 26.0 Å². The highest BCUT2D eigenvalue weighted by Crippen LogP contribution is 2.26. The van der Waals surface area contributed by atoms with Crippen LogP contribution in [0.3, 0.4) is 0 Å². The summed E-state index contributed by atoms with van der Waals surface area (Å²) in [5.41, 5.74) is 3.03. The number of amides is 1. The summed E-state index contributed by atoms with van der Waals surface area (Å²) in [4.78, 5) is 12.7. The Kier molecular flexibility index (Phi) is 8.93. The van der Waals surface area contributed by atoms with E-state index in [0.717, 1.165) is 11.3 Å². The number of hydrogen-bond donors (Lipinski definition) is 1. The number of benzene rings is 2. The Morgan fingerprint density at radius 3 is 2.53 bits per heavy atom. The first kappa shape index (κ1) is 26.0. The highest BCUT2D eigenvalue weighted by atomic mass is 32.2. The van der Waals surface area contributed by atoms with E-state index in [4.69, 9.17) is 14.2 Å². The van der Waals surface area contributed by atoms with Gasteiger partial charge in [0.05, 0.1) is 31.3 Å². The molecular formula is C25H34N2O6S. The van der Waals surface area contributed by atoms with E-state index in [1.54, 1.807) is 18.2 Å². The molecule has 0 bridgehead atoms. The molecule has 1 N–H and O–H groups in total. The topological polar surface area (TPSA) is 94.2 Å². The van der Waals surface area contributed by atoms with Crippen molar-refractivity contribution in [2.75, 3.05) is 40.0 Å². The lowest BCUT2D eigenvalue weighted by molar-refractivity contribution is -0.121. The minimum atomic E-state index is -3.63. The van der Waals surface area contributed by atoms with Gasteiger partial charge in [0, 0.05) is 19.5 Å². The minimum Gasteiger partial charge on any atom is -0.496 e. The second-order valence-electron chi connectivity index (χ2n) is 8.52. The van der Waals surface area contributed by atoms with E-state index in [9.17, 15) is 13.2 Å². The molecule has 1 saturated heterocycles. The van der Waals surface area contributed by atoms with Crippen molar-refractivity contribution in [1.82, 2.24) is 9.62 Å². The molecule has 34 heavy (non-hydrogen) atoms. The van der Waals surface area contributed by atoms with Gasteiger partial charge in [-0.15, -0.1) is 0 Å². The maximum atomic E-state index is 13.0. The van der Waals surface area contributed by atoms with Gasteiger partial charge in [-0.3, -0.25) is 4.79 Å². The van der Waals surface area contributed by atoms with Crippen molar-refractivity contribution in [2.45, 2.75) is 44.6 Å². The molecule has 1 amide bonds. The fourth-order valence-corrected chi connectivity index (χ4v) is 5.17. The highest BCUT2D eigenvalue weighted by molar-refractivity contribution is 7.89. The highest BCUT2D eigenvalue weighted by Gasteiger charge is 2.27. The van der Waals surface area contributed by atoms with Crippen molar-refractivity contribution in [1.29, 1.82) is 0 Å². The normalized spacial score (nSPS) is 15.5. The molecule has 0 radical (unpaired) electrons. The number of methoxy groups -OCH3 is 1. The number of rotatable bonds is 10. The van der Waals surface area contributed by atoms with Crippen molar-refractivity contribution in [2.24, 2.45) is 0 Å². The second kappa shape index (κ2) is 11.7. The van der Waals surface area contributed by atoms with Crippen LogP contribution in [0, 0.1) is 13.8 Å². The van der Waals surface area contributed by atoms with E-state index in [1.165, 1.54) is 17.0 Å². The smallest absolute Gasteiger partial charge is 0.243 e. The monoisotopic (exact) mass is 490 g/mol. The van der Waals surface area contributed by atoms with E-state index < -0.39 is 10.0 Å². The van der Waals surface area contributed by atoms with Crippen molar-refractivity contribution >= 4 is 15.9 Å². The number of sulfonamides is 1. The van der Waals surface area contributed by atoms with Crippen molar-refractivity contribution in [3.05, 3.63) is 53.1 Å². The van der Waals surface area contributed by atoms with Gasteiger partial charge in [-0.05, 0) is 74.2 Å². The van der Waals surface area contributed by atoms with E-state index in [0.29, 0.717) is 50.6 Å². The Balaban J connectivity index is 1.57. The number of morpholine rings is 1. The van der Waals surface area contributed by atoms with Crippen LogP contribution in [0.4, 0.5) is 0 Å². The lowest BCUT2D eigenvalue weighted by Gasteiger charge is -2.26. The Bertz CT molecular complexity index is 1100. The first-order valence-corrected chi connectivity index (χ1v) is 12.9. The Hall–Kier alpha value is -2.62. The van der Waals surface area contributed by atoms with Crippen LogP contribution in [0.2, 0.25) is 0 Å². The third-order valence-corrected chi connectivity index (χ3v) is 7.76. The summed E-state index contributed by atoms with van der Waals surface area (Å²) in [6.07, 6.45) is 0.553. The number of nitrogens with zero attached hydrogens (tertiary/aromatic N) is 1. The molecule has 9 heteroatoms. The lowest BCUT2D eigenvalue weighted by atomic mass is 10.1. The maximum Gasteiger partial charge on any atom is 0.243 e. The van der Waals surface area contributed by atoms with Gasteiger partial charge in [-0.1, -0.05) is 6.07 Å². The first-order valence-electron chi connectivity index (χ1n) is 11.4. The molecule has 0 aliphatic carbocycles. The van der Waals surface area contributed by atoms with Gasteiger partial charge in [0.1, 0.15) is 18.1 Å². The van der Waals surface area contributed by atoms with E-state index >= 15 is 0 Å². The summed E-state index contributed by atoms with van der Waals surface area (Å²) >= 11 is 0. The van der Waals surface area contributed by atoms with Crippen LogP contribution in [0.25, 0.3) is 0 Å². The third kappa shape index (κ3) is 6.71. The zero-order valence-corrected chi connectivity index (χ0v) is 21.1. The zero-order chi connectivity index (χ0) is 24.7. The van der Waals surface area contributed by atoms with E-state index in [2.05, 4.69) is 5.32 Å². The van der Waals surface area contributed by atoms with Gasteiger partial charge < -0.3 is 19.5 Å². The summed E-state index contributed by atoms with van der Waals surface area (Å²) in [5.74, 6) is 1.19. The number of aryl methyl sites for hydroxylation is 3. The number of carbonyl (C=O) groups excluding carboxylic acids is 1. The molecule has 8 nitrogen and oxygen atoms in total.